The van der Waals surface area contributed by atoms with E-state index in [1.807, 2.05) is 7.11 Å². The van der Waals surface area contributed by atoms with E-state index in [1.165, 1.54) is 51.7 Å². The first kappa shape index (κ1) is 16.3. The van der Waals surface area contributed by atoms with E-state index in [0.717, 1.165) is 18.6 Å². The maximum absolute atomic E-state index is 5.31. The molecular formula is C17H34N2O. The van der Waals surface area contributed by atoms with Crippen molar-refractivity contribution < 1.29 is 4.74 Å². The number of methoxy groups -OCH3 is 1. The second-order valence-corrected chi connectivity index (χ2v) is 7.13. The molecule has 0 bridgehead atoms. The van der Waals surface area contributed by atoms with Crippen LogP contribution in [-0.4, -0.2) is 50.3 Å². The third-order valence-corrected chi connectivity index (χ3v) is 5.70. The van der Waals surface area contributed by atoms with Crippen LogP contribution in [0, 0.1) is 11.3 Å². The van der Waals surface area contributed by atoms with Gasteiger partial charge in [-0.2, -0.15) is 0 Å². The molecule has 1 saturated heterocycles. The fourth-order valence-corrected chi connectivity index (χ4v) is 3.56. The quantitative estimate of drug-likeness (QED) is 0.741. The Hall–Kier alpha value is -0.120. The van der Waals surface area contributed by atoms with Crippen LogP contribution in [0.1, 0.15) is 52.9 Å². The molecule has 0 aromatic carbocycles. The number of nitrogens with zero attached hydrogens (tertiary/aromatic N) is 1. The Labute approximate surface area is 125 Å². The van der Waals surface area contributed by atoms with Crippen LogP contribution >= 0.6 is 0 Å². The van der Waals surface area contributed by atoms with Gasteiger partial charge < -0.3 is 10.1 Å². The van der Waals surface area contributed by atoms with Gasteiger partial charge in [0.15, 0.2) is 0 Å². The Morgan fingerprint density at radius 1 is 1.35 bits per heavy atom. The highest BCUT2D eigenvalue weighted by atomic mass is 16.5. The van der Waals surface area contributed by atoms with Crippen LogP contribution in [0.3, 0.4) is 0 Å². The van der Waals surface area contributed by atoms with Gasteiger partial charge in [0.25, 0.3) is 0 Å². The molecular weight excluding hydrogens is 248 g/mol. The van der Waals surface area contributed by atoms with Gasteiger partial charge in [-0.3, -0.25) is 4.90 Å². The molecule has 2 aliphatic rings. The molecule has 3 heteroatoms. The Balaban J connectivity index is 1.92. The monoisotopic (exact) mass is 282 g/mol. The smallest absolute Gasteiger partial charge is 0.0468 e. The summed E-state index contributed by atoms with van der Waals surface area (Å²) < 4.78 is 5.31. The van der Waals surface area contributed by atoms with E-state index < -0.39 is 0 Å². The van der Waals surface area contributed by atoms with Crippen LogP contribution in [0.15, 0.2) is 0 Å². The molecule has 1 saturated carbocycles. The van der Waals surface area contributed by atoms with Gasteiger partial charge in [-0.15, -0.1) is 0 Å². The molecule has 1 aliphatic heterocycles. The Morgan fingerprint density at radius 2 is 2.10 bits per heavy atom. The average molecular weight is 282 g/mol. The van der Waals surface area contributed by atoms with Gasteiger partial charge in [0, 0.05) is 45.4 Å². The van der Waals surface area contributed by atoms with Gasteiger partial charge in [-0.1, -0.05) is 27.2 Å². The zero-order valence-electron chi connectivity index (χ0n) is 14.0. The van der Waals surface area contributed by atoms with Crippen molar-refractivity contribution in [2.45, 2.75) is 65.0 Å². The number of hydrogen-bond donors (Lipinski definition) is 1. The largest absolute Gasteiger partial charge is 0.385 e. The lowest BCUT2D eigenvalue weighted by molar-refractivity contribution is 0.0735. The van der Waals surface area contributed by atoms with Gasteiger partial charge in [-0.25, -0.2) is 0 Å². The average Bonchev–Trinajstić information content (AvgIpc) is 3.24. The van der Waals surface area contributed by atoms with Crippen molar-refractivity contribution in [1.29, 1.82) is 0 Å². The molecule has 3 atom stereocenters. The standard InChI is InChI=1S/C17H34N2O/c1-5-14(3)16-12-19(15(6-2)11-18-16)13-17(7-8-17)9-10-20-4/h14-16,18H,5-13H2,1-4H3. The maximum atomic E-state index is 5.31. The van der Waals surface area contributed by atoms with Crippen LogP contribution in [0.2, 0.25) is 0 Å². The minimum Gasteiger partial charge on any atom is -0.385 e. The van der Waals surface area contributed by atoms with E-state index in [4.69, 9.17) is 4.74 Å². The minimum atomic E-state index is 0.584. The highest BCUT2D eigenvalue weighted by Gasteiger charge is 2.45. The molecule has 118 valence electrons. The summed E-state index contributed by atoms with van der Waals surface area (Å²) in [5.41, 5.74) is 0.584. The molecule has 3 nitrogen and oxygen atoms in total. The third kappa shape index (κ3) is 3.96. The Morgan fingerprint density at radius 3 is 2.65 bits per heavy atom. The number of nitrogens with one attached hydrogen (secondary N) is 1. The predicted octanol–water partition coefficient (Wildman–Crippen LogP) is 2.90. The third-order valence-electron chi connectivity index (χ3n) is 5.70. The van der Waals surface area contributed by atoms with Crippen molar-refractivity contribution in [2.75, 3.05) is 33.4 Å². The summed E-state index contributed by atoms with van der Waals surface area (Å²) in [5.74, 6) is 0.782. The SMILES string of the molecule is CCC(C)C1CN(CC2(CCOC)CC2)C(CC)CN1. The zero-order chi connectivity index (χ0) is 14.6. The summed E-state index contributed by atoms with van der Waals surface area (Å²) >= 11 is 0. The normalized spacial score (nSPS) is 31.2. The fraction of sp³-hybridized carbons (Fsp3) is 1.00. The molecule has 0 aromatic rings. The zero-order valence-corrected chi connectivity index (χ0v) is 14.0. The molecule has 1 aliphatic carbocycles. The minimum absolute atomic E-state index is 0.584. The van der Waals surface area contributed by atoms with Crippen molar-refractivity contribution in [1.82, 2.24) is 10.2 Å². The number of piperazine rings is 1. The van der Waals surface area contributed by atoms with Gasteiger partial charge in [0.1, 0.15) is 0 Å². The van der Waals surface area contributed by atoms with Crippen LogP contribution in [0.4, 0.5) is 0 Å². The second-order valence-electron chi connectivity index (χ2n) is 7.13. The lowest BCUT2D eigenvalue weighted by atomic mass is 9.93. The summed E-state index contributed by atoms with van der Waals surface area (Å²) in [6.07, 6.45) is 6.60. The van der Waals surface area contributed by atoms with Gasteiger partial charge >= 0.3 is 0 Å². The number of ether oxygens (including phenoxy) is 1. The van der Waals surface area contributed by atoms with Crippen molar-refractivity contribution in [3.05, 3.63) is 0 Å². The lowest BCUT2D eigenvalue weighted by Crippen LogP contribution is -2.59. The van der Waals surface area contributed by atoms with Crippen LogP contribution in [-0.2, 0) is 4.74 Å². The van der Waals surface area contributed by atoms with E-state index in [9.17, 15) is 0 Å². The highest BCUT2D eigenvalue weighted by molar-refractivity contribution is 4.98. The molecule has 0 radical (unpaired) electrons. The van der Waals surface area contributed by atoms with E-state index in [2.05, 4.69) is 31.0 Å². The molecule has 1 N–H and O–H groups in total. The molecule has 0 aromatic heterocycles. The summed E-state index contributed by atoms with van der Waals surface area (Å²) in [5, 5.41) is 3.78. The molecule has 1 heterocycles. The van der Waals surface area contributed by atoms with E-state index >= 15 is 0 Å². The predicted molar refractivity (Wildman–Crippen MR) is 85.1 cm³/mol. The van der Waals surface area contributed by atoms with Crippen LogP contribution < -0.4 is 5.32 Å². The van der Waals surface area contributed by atoms with Gasteiger partial charge in [0.2, 0.25) is 0 Å². The first-order chi connectivity index (χ1) is 9.64. The molecule has 3 unspecified atom stereocenters. The van der Waals surface area contributed by atoms with Crippen LogP contribution in [0.25, 0.3) is 0 Å². The summed E-state index contributed by atoms with van der Waals surface area (Å²) in [7, 11) is 1.83. The van der Waals surface area contributed by atoms with Crippen molar-refractivity contribution in [2.24, 2.45) is 11.3 Å². The maximum Gasteiger partial charge on any atom is 0.0468 e. The first-order valence-electron chi connectivity index (χ1n) is 8.60. The summed E-state index contributed by atoms with van der Waals surface area (Å²) in [4.78, 5) is 2.79. The van der Waals surface area contributed by atoms with Crippen LogP contribution in [0.5, 0.6) is 0 Å². The van der Waals surface area contributed by atoms with E-state index in [1.54, 1.807) is 0 Å². The first-order valence-corrected chi connectivity index (χ1v) is 8.60. The molecule has 20 heavy (non-hydrogen) atoms. The van der Waals surface area contributed by atoms with Crippen molar-refractivity contribution in [3.63, 3.8) is 0 Å². The van der Waals surface area contributed by atoms with Gasteiger partial charge in [-0.05, 0) is 37.0 Å². The summed E-state index contributed by atoms with van der Waals surface area (Å²) in [6, 6.07) is 1.41. The molecule has 2 fully saturated rings. The second kappa shape index (κ2) is 7.24. The van der Waals surface area contributed by atoms with Crippen molar-refractivity contribution >= 4 is 0 Å². The summed E-state index contributed by atoms with van der Waals surface area (Å²) in [6.45, 7) is 11.7. The fourth-order valence-electron chi connectivity index (χ4n) is 3.56. The Kier molecular flexibility index (Phi) is 5.88. The Bertz CT molecular complexity index is 291. The highest BCUT2D eigenvalue weighted by Crippen LogP contribution is 2.49. The molecule has 2 rings (SSSR count). The van der Waals surface area contributed by atoms with Crippen molar-refractivity contribution in [3.8, 4) is 0 Å². The van der Waals surface area contributed by atoms with E-state index in [-0.39, 0.29) is 0 Å². The number of rotatable bonds is 8. The number of hydrogen-bond acceptors (Lipinski definition) is 3. The molecule has 0 spiro atoms. The van der Waals surface area contributed by atoms with Gasteiger partial charge in [0.05, 0.1) is 0 Å². The topological polar surface area (TPSA) is 24.5 Å². The lowest BCUT2D eigenvalue weighted by Gasteiger charge is -2.43. The molecule has 0 amide bonds. The van der Waals surface area contributed by atoms with E-state index in [0.29, 0.717) is 11.5 Å².